The van der Waals surface area contributed by atoms with E-state index < -0.39 is 35.2 Å². The fourth-order valence-corrected chi connectivity index (χ4v) is 3.60. The van der Waals surface area contributed by atoms with Crippen molar-refractivity contribution in [1.29, 1.82) is 5.26 Å². The largest absolute Gasteiger partial charge is 0.453 e. The summed E-state index contributed by atoms with van der Waals surface area (Å²) in [5, 5.41) is 9.44. The van der Waals surface area contributed by atoms with Gasteiger partial charge < -0.3 is 15.0 Å². The lowest BCUT2D eigenvalue weighted by Crippen LogP contribution is -2.43. The van der Waals surface area contributed by atoms with Gasteiger partial charge in [0.15, 0.2) is 6.61 Å². The molecule has 0 unspecified atom stereocenters. The lowest BCUT2D eigenvalue weighted by Gasteiger charge is -2.13. The summed E-state index contributed by atoms with van der Waals surface area (Å²) in [6.07, 6.45) is 2.90. The summed E-state index contributed by atoms with van der Waals surface area (Å²) in [5.41, 5.74) is 6.30. The highest BCUT2D eigenvalue weighted by molar-refractivity contribution is 6.03. The van der Waals surface area contributed by atoms with E-state index in [9.17, 15) is 24.4 Å². The number of ketones is 1. The zero-order chi connectivity index (χ0) is 24.9. The molecule has 0 atom stereocenters. The van der Waals surface area contributed by atoms with Gasteiger partial charge in [-0.05, 0) is 44.4 Å². The minimum absolute atomic E-state index is 0.219. The molecule has 2 N–H and O–H groups in total. The third-order valence-electron chi connectivity index (χ3n) is 5.34. The van der Waals surface area contributed by atoms with Gasteiger partial charge in [0.1, 0.15) is 23.0 Å². The highest BCUT2D eigenvalue weighted by Crippen LogP contribution is 2.19. The van der Waals surface area contributed by atoms with Gasteiger partial charge in [0.25, 0.3) is 5.56 Å². The number of nitrogens with two attached hydrogens (primary N) is 1. The molecular formula is C23H29N5O5. The number of aryl methyl sites for hydroxylation is 1. The van der Waals surface area contributed by atoms with Crippen LogP contribution in [-0.4, -0.2) is 32.1 Å². The Labute approximate surface area is 191 Å². The van der Waals surface area contributed by atoms with E-state index in [1.54, 1.807) is 6.07 Å². The fourth-order valence-electron chi connectivity index (χ4n) is 3.60. The summed E-state index contributed by atoms with van der Waals surface area (Å²) in [5.74, 6) is -2.13. The molecule has 0 aliphatic carbocycles. The number of nitrogens with zero attached hydrogens (tertiary/aromatic N) is 4. The molecule has 176 valence electrons. The van der Waals surface area contributed by atoms with Crippen LogP contribution in [0.1, 0.15) is 54.0 Å². The molecule has 33 heavy (non-hydrogen) atoms. The Kier molecular flexibility index (Phi) is 8.18. The molecule has 0 amide bonds. The molecule has 0 aliphatic rings. The van der Waals surface area contributed by atoms with Crippen molar-refractivity contribution in [3.8, 4) is 6.07 Å². The van der Waals surface area contributed by atoms with Crippen LogP contribution < -0.4 is 17.0 Å². The number of Topliss-reactive ketones (excluding diaryl/α,β-unsaturated/α-hetero) is 1. The van der Waals surface area contributed by atoms with Gasteiger partial charge in [-0.1, -0.05) is 13.8 Å². The van der Waals surface area contributed by atoms with Gasteiger partial charge in [0.2, 0.25) is 5.78 Å². The van der Waals surface area contributed by atoms with Crippen molar-refractivity contribution >= 4 is 23.6 Å². The Hall–Kier alpha value is -3.87. The van der Waals surface area contributed by atoms with Crippen LogP contribution in [0.2, 0.25) is 0 Å². The molecule has 2 aromatic heterocycles. The van der Waals surface area contributed by atoms with Crippen LogP contribution in [-0.2, 0) is 29.7 Å². The zero-order valence-corrected chi connectivity index (χ0v) is 19.6. The van der Waals surface area contributed by atoms with Crippen LogP contribution in [0.4, 0.5) is 5.82 Å². The number of rotatable bonds is 9. The predicted molar refractivity (Wildman–Crippen MR) is 124 cm³/mol. The molecule has 0 fully saturated rings. The van der Waals surface area contributed by atoms with Gasteiger partial charge in [0.05, 0.1) is 0 Å². The summed E-state index contributed by atoms with van der Waals surface area (Å²) < 4.78 is 9.01. The van der Waals surface area contributed by atoms with Crippen LogP contribution in [0.3, 0.4) is 0 Å². The number of nitriles is 1. The number of anilines is 1. The molecule has 0 spiro atoms. The summed E-state index contributed by atoms with van der Waals surface area (Å²) in [4.78, 5) is 49.8. The number of esters is 1. The lowest BCUT2D eigenvalue weighted by atomic mass is 10.1. The van der Waals surface area contributed by atoms with Crippen LogP contribution >= 0.6 is 0 Å². The molecule has 0 aromatic carbocycles. The summed E-state index contributed by atoms with van der Waals surface area (Å²) in [6.45, 7) is 7.93. The summed E-state index contributed by atoms with van der Waals surface area (Å²) in [7, 11) is 1.24. The Morgan fingerprint density at radius 2 is 1.76 bits per heavy atom. The summed E-state index contributed by atoms with van der Waals surface area (Å²) in [6, 6.07) is 3.66. The second-order valence-electron chi connectivity index (χ2n) is 7.71. The van der Waals surface area contributed by atoms with Crippen molar-refractivity contribution in [3.05, 3.63) is 55.0 Å². The molecule has 0 bridgehead atoms. The topological polar surface area (TPSA) is 142 Å². The van der Waals surface area contributed by atoms with E-state index in [0.717, 1.165) is 33.5 Å². The highest BCUT2D eigenvalue weighted by atomic mass is 16.5. The maximum Gasteiger partial charge on any atom is 0.349 e. The second kappa shape index (κ2) is 10.6. The molecule has 2 heterocycles. The average Bonchev–Trinajstić information content (AvgIpc) is 3.05. The minimum Gasteiger partial charge on any atom is -0.453 e. The van der Waals surface area contributed by atoms with E-state index in [0.29, 0.717) is 12.0 Å². The van der Waals surface area contributed by atoms with Crippen LogP contribution in [0, 0.1) is 25.2 Å². The van der Waals surface area contributed by atoms with E-state index >= 15 is 0 Å². The standard InChI is InChI=1S/C23H29N5O5/c1-6-8-27-14(3)10-16(15(27)4)11-17(12-24)22(31)33-13-18(29)19-20(25)28(9-7-2)23(32)26(5)21(19)30/h10-11H,6-9,13,25H2,1-5H3/b17-11+. The third-order valence-corrected chi connectivity index (χ3v) is 5.34. The number of nitrogen functional groups attached to an aromatic ring is 1. The second-order valence-corrected chi connectivity index (χ2v) is 7.71. The highest BCUT2D eigenvalue weighted by Gasteiger charge is 2.23. The first kappa shape index (κ1) is 25.4. The third kappa shape index (κ3) is 5.14. The minimum atomic E-state index is -0.997. The van der Waals surface area contributed by atoms with Crippen molar-refractivity contribution < 1.29 is 14.3 Å². The van der Waals surface area contributed by atoms with E-state index in [1.807, 2.05) is 26.8 Å². The number of carbonyl (C=O) groups is 2. The summed E-state index contributed by atoms with van der Waals surface area (Å²) >= 11 is 0. The first-order valence-corrected chi connectivity index (χ1v) is 10.7. The van der Waals surface area contributed by atoms with E-state index in [2.05, 4.69) is 11.5 Å². The van der Waals surface area contributed by atoms with Gasteiger partial charge in [0, 0.05) is 31.5 Å². The van der Waals surface area contributed by atoms with Crippen LogP contribution in [0.5, 0.6) is 0 Å². The van der Waals surface area contributed by atoms with Crippen molar-refractivity contribution in [2.45, 2.75) is 53.6 Å². The van der Waals surface area contributed by atoms with Crippen molar-refractivity contribution in [3.63, 3.8) is 0 Å². The Bertz CT molecular complexity index is 1270. The lowest BCUT2D eigenvalue weighted by molar-refractivity contribution is -0.137. The quantitative estimate of drug-likeness (QED) is 0.262. The van der Waals surface area contributed by atoms with Crippen LogP contribution in [0.15, 0.2) is 21.2 Å². The maximum atomic E-state index is 12.7. The van der Waals surface area contributed by atoms with Gasteiger partial charge >= 0.3 is 11.7 Å². The average molecular weight is 456 g/mol. The predicted octanol–water partition coefficient (Wildman–Crippen LogP) is 1.70. The number of hydrogen-bond acceptors (Lipinski definition) is 7. The van der Waals surface area contributed by atoms with E-state index in [1.165, 1.54) is 13.1 Å². The van der Waals surface area contributed by atoms with Gasteiger partial charge in [-0.25, -0.2) is 9.59 Å². The van der Waals surface area contributed by atoms with Crippen molar-refractivity contribution in [1.82, 2.24) is 13.7 Å². The molecule has 0 saturated heterocycles. The molecule has 2 rings (SSSR count). The number of aromatic nitrogens is 3. The van der Waals surface area contributed by atoms with E-state index in [4.69, 9.17) is 10.5 Å². The van der Waals surface area contributed by atoms with Crippen molar-refractivity contribution in [2.75, 3.05) is 12.3 Å². The monoisotopic (exact) mass is 455 g/mol. The Morgan fingerprint density at radius 3 is 2.33 bits per heavy atom. The van der Waals surface area contributed by atoms with E-state index in [-0.39, 0.29) is 17.9 Å². The SMILES string of the molecule is CCCn1c(C)cc(/C=C(\C#N)C(=O)OCC(=O)c2c(N)n(CCC)c(=O)n(C)c2=O)c1C. The molecule has 10 heteroatoms. The normalized spacial score (nSPS) is 11.3. The molecule has 0 aliphatic heterocycles. The first-order valence-electron chi connectivity index (χ1n) is 10.7. The molecule has 10 nitrogen and oxygen atoms in total. The Morgan fingerprint density at radius 1 is 1.15 bits per heavy atom. The maximum absolute atomic E-state index is 12.7. The number of hydrogen-bond donors (Lipinski definition) is 1. The van der Waals surface area contributed by atoms with Gasteiger partial charge in [-0.3, -0.25) is 18.7 Å². The Balaban J connectivity index is 2.29. The van der Waals surface area contributed by atoms with Crippen molar-refractivity contribution in [2.24, 2.45) is 7.05 Å². The van der Waals surface area contributed by atoms with Gasteiger partial charge in [-0.15, -0.1) is 0 Å². The molecular weight excluding hydrogens is 426 g/mol. The zero-order valence-electron chi connectivity index (χ0n) is 19.6. The van der Waals surface area contributed by atoms with Crippen LogP contribution in [0.25, 0.3) is 6.08 Å². The molecule has 0 saturated carbocycles. The molecule has 2 aromatic rings. The van der Waals surface area contributed by atoms with Gasteiger partial charge in [-0.2, -0.15) is 5.26 Å². The smallest absolute Gasteiger partial charge is 0.349 e. The number of carbonyl (C=O) groups excluding carboxylic acids is 2. The molecule has 0 radical (unpaired) electrons. The first-order chi connectivity index (χ1) is 15.6. The number of ether oxygens (including phenoxy) is 1. The fraction of sp³-hybridized carbons (Fsp3) is 0.435.